The first-order valence-electron chi connectivity index (χ1n) is 3.69. The fourth-order valence-corrected chi connectivity index (χ4v) is 1.00. The van der Waals surface area contributed by atoms with Crippen LogP contribution in [0.25, 0.3) is 0 Å². The normalized spacial score (nSPS) is 11.5. The van der Waals surface area contributed by atoms with Gasteiger partial charge in [0.15, 0.2) is 0 Å². The zero-order chi connectivity index (χ0) is 8.32. The molecule has 0 fully saturated rings. The Bertz CT molecular complexity index is 213. The molecule has 11 heavy (non-hydrogen) atoms. The van der Waals surface area contributed by atoms with Crippen molar-refractivity contribution in [3.63, 3.8) is 0 Å². The number of rotatable bonds is 2. The molecule has 2 nitrogen and oxygen atoms in total. The van der Waals surface area contributed by atoms with Gasteiger partial charge in [0.25, 0.3) is 0 Å². The molecule has 0 aromatic carbocycles. The topological polar surface area (TPSA) is 33.1 Å². The van der Waals surface area contributed by atoms with Crippen molar-refractivity contribution in [2.24, 2.45) is 0 Å². The van der Waals surface area contributed by atoms with E-state index in [4.69, 9.17) is 0 Å². The van der Waals surface area contributed by atoms with Gasteiger partial charge in [-0.1, -0.05) is 0 Å². The molecule has 1 aromatic rings. The van der Waals surface area contributed by atoms with E-state index < -0.39 is 5.60 Å². The third-order valence-electron chi connectivity index (χ3n) is 1.39. The second-order valence-corrected chi connectivity index (χ2v) is 3.34. The van der Waals surface area contributed by atoms with E-state index in [0.717, 1.165) is 5.56 Å². The zero-order valence-electron chi connectivity index (χ0n) is 6.91. The molecule has 0 atom stereocenters. The maximum absolute atomic E-state index is 9.45. The highest BCUT2D eigenvalue weighted by Crippen LogP contribution is 2.10. The Hall–Kier alpha value is -0.890. The van der Waals surface area contributed by atoms with Crippen LogP contribution in [0.5, 0.6) is 0 Å². The number of nitrogens with zero attached hydrogens (tertiary/aromatic N) is 1. The van der Waals surface area contributed by atoms with Gasteiger partial charge in [-0.3, -0.25) is 4.98 Å². The molecule has 0 aliphatic rings. The van der Waals surface area contributed by atoms with Crippen LogP contribution < -0.4 is 0 Å². The molecular formula is C9H13NO. The fraction of sp³-hybridized carbons (Fsp3) is 0.444. The molecule has 0 aliphatic heterocycles. The monoisotopic (exact) mass is 151 g/mol. The van der Waals surface area contributed by atoms with Crippen LogP contribution in [-0.2, 0) is 6.42 Å². The first kappa shape index (κ1) is 8.21. The van der Waals surface area contributed by atoms with E-state index >= 15 is 0 Å². The van der Waals surface area contributed by atoms with Crippen molar-refractivity contribution >= 4 is 0 Å². The van der Waals surface area contributed by atoms with Crippen molar-refractivity contribution in [2.45, 2.75) is 25.9 Å². The van der Waals surface area contributed by atoms with Gasteiger partial charge < -0.3 is 5.11 Å². The van der Waals surface area contributed by atoms with Crippen molar-refractivity contribution < 1.29 is 5.11 Å². The van der Waals surface area contributed by atoms with Gasteiger partial charge in [0.1, 0.15) is 0 Å². The average Bonchev–Trinajstić information content (AvgIpc) is 1.85. The minimum atomic E-state index is -0.624. The van der Waals surface area contributed by atoms with E-state index in [2.05, 4.69) is 4.98 Å². The van der Waals surface area contributed by atoms with Crippen LogP contribution >= 0.6 is 0 Å². The highest BCUT2D eigenvalue weighted by atomic mass is 16.3. The molecule has 0 saturated carbocycles. The Balaban J connectivity index is 2.66. The Morgan fingerprint density at radius 3 is 2.36 bits per heavy atom. The van der Waals surface area contributed by atoms with E-state index in [-0.39, 0.29) is 0 Å². The fourth-order valence-electron chi connectivity index (χ4n) is 1.00. The van der Waals surface area contributed by atoms with E-state index in [1.807, 2.05) is 12.1 Å². The standard InChI is InChI=1S/C9H13NO/c1-9(2,11)7-8-3-5-10-6-4-8/h3-6,11H,7H2,1-2H3. The highest BCUT2D eigenvalue weighted by molar-refractivity contribution is 5.11. The van der Waals surface area contributed by atoms with Crippen molar-refractivity contribution in [2.75, 3.05) is 0 Å². The SMILES string of the molecule is CC(C)(O)Cc1ccncc1. The van der Waals surface area contributed by atoms with Gasteiger partial charge >= 0.3 is 0 Å². The predicted molar refractivity (Wildman–Crippen MR) is 44.2 cm³/mol. The van der Waals surface area contributed by atoms with Crippen molar-refractivity contribution in [3.05, 3.63) is 30.1 Å². The second kappa shape index (κ2) is 3.01. The lowest BCUT2D eigenvalue weighted by atomic mass is 10.00. The maximum atomic E-state index is 9.45. The number of hydrogen-bond donors (Lipinski definition) is 1. The van der Waals surface area contributed by atoms with Gasteiger partial charge in [-0.2, -0.15) is 0 Å². The van der Waals surface area contributed by atoms with E-state index in [0.29, 0.717) is 6.42 Å². The predicted octanol–water partition coefficient (Wildman–Crippen LogP) is 1.40. The van der Waals surface area contributed by atoms with Gasteiger partial charge in [-0.05, 0) is 31.5 Å². The van der Waals surface area contributed by atoms with Crippen LogP contribution in [0.2, 0.25) is 0 Å². The summed E-state index contributed by atoms with van der Waals surface area (Å²) in [7, 11) is 0. The molecule has 0 saturated heterocycles. The number of hydrogen-bond acceptors (Lipinski definition) is 2. The number of aliphatic hydroxyl groups is 1. The molecule has 0 aliphatic carbocycles. The summed E-state index contributed by atoms with van der Waals surface area (Å²) in [5.41, 5.74) is 0.494. The summed E-state index contributed by atoms with van der Waals surface area (Å²) in [6.45, 7) is 3.60. The lowest BCUT2D eigenvalue weighted by molar-refractivity contribution is 0.0810. The van der Waals surface area contributed by atoms with E-state index in [1.54, 1.807) is 26.2 Å². The molecule has 0 unspecified atom stereocenters. The summed E-state index contributed by atoms with van der Waals surface area (Å²) in [4.78, 5) is 3.89. The summed E-state index contributed by atoms with van der Waals surface area (Å²) >= 11 is 0. The Kier molecular flexibility index (Phi) is 2.25. The molecule has 0 radical (unpaired) electrons. The average molecular weight is 151 g/mol. The van der Waals surface area contributed by atoms with Crippen LogP contribution in [0.4, 0.5) is 0 Å². The van der Waals surface area contributed by atoms with Gasteiger partial charge in [-0.25, -0.2) is 0 Å². The van der Waals surface area contributed by atoms with Gasteiger partial charge in [-0.15, -0.1) is 0 Å². The Morgan fingerprint density at radius 2 is 1.91 bits per heavy atom. The summed E-state index contributed by atoms with van der Waals surface area (Å²) < 4.78 is 0. The van der Waals surface area contributed by atoms with Gasteiger partial charge in [0, 0.05) is 18.8 Å². The molecule has 0 amide bonds. The first-order chi connectivity index (χ1) is 5.08. The molecule has 60 valence electrons. The highest BCUT2D eigenvalue weighted by Gasteiger charge is 2.12. The molecule has 1 heterocycles. The quantitative estimate of drug-likeness (QED) is 0.693. The summed E-state index contributed by atoms with van der Waals surface area (Å²) in [5, 5.41) is 9.45. The van der Waals surface area contributed by atoms with Crippen LogP contribution in [0.3, 0.4) is 0 Å². The molecule has 0 spiro atoms. The third kappa shape index (κ3) is 3.14. The minimum absolute atomic E-state index is 0.624. The zero-order valence-corrected chi connectivity index (χ0v) is 6.91. The Morgan fingerprint density at radius 1 is 1.36 bits per heavy atom. The van der Waals surface area contributed by atoms with Crippen molar-refractivity contribution in [1.29, 1.82) is 0 Å². The molecule has 1 N–H and O–H groups in total. The number of pyridine rings is 1. The second-order valence-electron chi connectivity index (χ2n) is 3.34. The number of aromatic nitrogens is 1. The van der Waals surface area contributed by atoms with Crippen LogP contribution in [-0.4, -0.2) is 15.7 Å². The first-order valence-corrected chi connectivity index (χ1v) is 3.69. The molecule has 0 bridgehead atoms. The summed E-state index contributed by atoms with van der Waals surface area (Å²) in [5.74, 6) is 0. The lowest BCUT2D eigenvalue weighted by Crippen LogP contribution is -2.21. The molecule has 1 aromatic heterocycles. The van der Waals surface area contributed by atoms with E-state index in [1.165, 1.54) is 0 Å². The van der Waals surface area contributed by atoms with Gasteiger partial charge in [0.05, 0.1) is 5.60 Å². The van der Waals surface area contributed by atoms with Crippen molar-refractivity contribution in [1.82, 2.24) is 4.98 Å². The Labute approximate surface area is 66.9 Å². The summed E-state index contributed by atoms with van der Waals surface area (Å²) in [6, 6.07) is 3.83. The third-order valence-corrected chi connectivity index (χ3v) is 1.39. The molecule has 1 rings (SSSR count). The van der Waals surface area contributed by atoms with Crippen LogP contribution in [0.15, 0.2) is 24.5 Å². The summed E-state index contributed by atoms with van der Waals surface area (Å²) in [6.07, 6.45) is 4.15. The van der Waals surface area contributed by atoms with E-state index in [9.17, 15) is 5.11 Å². The largest absolute Gasteiger partial charge is 0.390 e. The molecule has 2 heteroatoms. The smallest absolute Gasteiger partial charge is 0.0631 e. The minimum Gasteiger partial charge on any atom is -0.390 e. The van der Waals surface area contributed by atoms with Crippen molar-refractivity contribution in [3.8, 4) is 0 Å². The van der Waals surface area contributed by atoms with Crippen LogP contribution in [0, 0.1) is 0 Å². The maximum Gasteiger partial charge on any atom is 0.0631 e. The van der Waals surface area contributed by atoms with Gasteiger partial charge in [0.2, 0.25) is 0 Å². The van der Waals surface area contributed by atoms with Crippen LogP contribution in [0.1, 0.15) is 19.4 Å². The lowest BCUT2D eigenvalue weighted by Gasteiger charge is -2.16. The molecular weight excluding hydrogens is 138 g/mol.